The summed E-state index contributed by atoms with van der Waals surface area (Å²) in [5.41, 5.74) is 0. The van der Waals surface area contributed by atoms with E-state index in [1.165, 1.54) is 0 Å². The van der Waals surface area contributed by atoms with Gasteiger partial charge in [-0.2, -0.15) is 48.3 Å². The van der Waals surface area contributed by atoms with Crippen molar-refractivity contribution < 1.29 is 70.7 Å². The Morgan fingerprint density at radius 3 is 1.63 bits per heavy atom. The number of rotatable bonds is 13. The van der Waals surface area contributed by atoms with Crippen molar-refractivity contribution in [1.29, 1.82) is 0 Å². The van der Waals surface area contributed by atoms with E-state index in [9.17, 15) is 52.7 Å². The number of ether oxygens (including phenoxy) is 1. The lowest BCUT2D eigenvalue weighted by atomic mass is 9.97. The van der Waals surface area contributed by atoms with E-state index < -0.39 is 58.2 Å². The Morgan fingerprint density at radius 2 is 1.27 bits per heavy atom. The number of alkyl halides is 12. The Bertz CT molecular complexity index is 539. The maximum absolute atomic E-state index is 13.5. The van der Waals surface area contributed by atoms with Crippen molar-refractivity contribution in [2.24, 2.45) is 0 Å². The third-order valence-electron chi connectivity index (χ3n) is 3.68. The van der Waals surface area contributed by atoms with Crippen LogP contribution in [0, 0.1) is 0 Å². The Morgan fingerprint density at radius 1 is 0.800 bits per heavy atom. The maximum atomic E-state index is 13.5. The second kappa shape index (κ2) is 9.79. The summed E-state index contributed by atoms with van der Waals surface area (Å²) in [5, 5.41) is 0. The molecule has 4 nitrogen and oxygen atoms in total. The van der Waals surface area contributed by atoms with Gasteiger partial charge < -0.3 is 13.3 Å². The van der Waals surface area contributed by atoms with Gasteiger partial charge in [-0.05, 0) is 0 Å². The van der Waals surface area contributed by atoms with Gasteiger partial charge >= 0.3 is 38.9 Å². The normalized spacial score (nSPS) is 16.1. The van der Waals surface area contributed by atoms with Crippen molar-refractivity contribution in [2.45, 2.75) is 62.0 Å². The molecule has 182 valence electrons. The molecule has 0 aromatic rings. The first-order valence-corrected chi connectivity index (χ1v) is 9.80. The van der Waals surface area contributed by atoms with Gasteiger partial charge in [0.2, 0.25) is 0 Å². The lowest BCUT2D eigenvalue weighted by molar-refractivity contribution is -0.439. The molecule has 0 aromatic carbocycles. The van der Waals surface area contributed by atoms with Crippen molar-refractivity contribution in [3.63, 3.8) is 0 Å². The summed E-state index contributed by atoms with van der Waals surface area (Å²) in [6, 6.07) is -0.0689. The molecular weight excluding hydrogens is 476 g/mol. The lowest BCUT2D eigenvalue weighted by Gasteiger charge is -2.37. The predicted molar refractivity (Wildman–Crippen MR) is 77.3 cm³/mol. The van der Waals surface area contributed by atoms with E-state index in [-0.39, 0.29) is 12.5 Å². The molecule has 0 amide bonds. The summed E-state index contributed by atoms with van der Waals surface area (Å²) in [4.78, 5) is 0. The second-order valence-electron chi connectivity index (χ2n) is 5.82. The van der Waals surface area contributed by atoms with Gasteiger partial charge in [-0.1, -0.05) is 13.3 Å². The SMILES string of the molecule is CCC[Si](OC)(OC)OCOC(F)(F)C(F)(F)C(F)(F)C(F)(F)C(F)CC(F)(F)F. The molecule has 0 bridgehead atoms. The van der Waals surface area contributed by atoms with Crippen molar-refractivity contribution in [3.05, 3.63) is 0 Å². The highest BCUT2D eigenvalue weighted by Crippen LogP contribution is 2.55. The third kappa shape index (κ3) is 6.14. The minimum absolute atomic E-state index is 0.0689. The van der Waals surface area contributed by atoms with Gasteiger partial charge in [0, 0.05) is 20.3 Å². The molecule has 17 heteroatoms. The quantitative estimate of drug-likeness (QED) is 0.195. The fourth-order valence-corrected chi connectivity index (χ4v) is 3.79. The van der Waals surface area contributed by atoms with Crippen molar-refractivity contribution in [3.8, 4) is 0 Å². The molecular formula is C13H18F12O4Si. The van der Waals surface area contributed by atoms with Gasteiger partial charge in [0.25, 0.3) is 0 Å². The van der Waals surface area contributed by atoms with E-state index in [1.807, 2.05) is 0 Å². The van der Waals surface area contributed by atoms with Gasteiger partial charge in [0.05, 0.1) is 6.42 Å². The van der Waals surface area contributed by atoms with E-state index in [4.69, 9.17) is 8.85 Å². The van der Waals surface area contributed by atoms with Crippen LogP contribution in [-0.4, -0.2) is 66.0 Å². The van der Waals surface area contributed by atoms with Crippen LogP contribution in [0.2, 0.25) is 6.04 Å². The highest BCUT2D eigenvalue weighted by atomic mass is 28.4. The fraction of sp³-hybridized carbons (Fsp3) is 1.00. The lowest BCUT2D eigenvalue weighted by Crippen LogP contribution is -2.65. The molecule has 0 spiro atoms. The molecule has 0 fully saturated rings. The van der Waals surface area contributed by atoms with Crippen molar-refractivity contribution in [2.75, 3.05) is 21.0 Å². The monoisotopic (exact) mass is 494 g/mol. The summed E-state index contributed by atoms with van der Waals surface area (Å²) in [7, 11) is -1.79. The molecule has 0 aliphatic carbocycles. The topological polar surface area (TPSA) is 36.9 Å². The van der Waals surface area contributed by atoms with Crippen LogP contribution in [-0.2, 0) is 18.0 Å². The third-order valence-corrected chi connectivity index (χ3v) is 6.59. The Kier molecular flexibility index (Phi) is 9.53. The van der Waals surface area contributed by atoms with Crippen LogP contribution < -0.4 is 0 Å². The fourth-order valence-electron chi connectivity index (χ4n) is 1.99. The summed E-state index contributed by atoms with van der Waals surface area (Å²) < 4.78 is 174. The molecule has 0 heterocycles. The number of hydrogen-bond acceptors (Lipinski definition) is 4. The second-order valence-corrected chi connectivity index (χ2v) is 8.79. The van der Waals surface area contributed by atoms with Gasteiger partial charge in [-0.3, -0.25) is 4.74 Å². The summed E-state index contributed by atoms with van der Waals surface area (Å²) in [5.74, 6) is -21.3. The minimum Gasteiger partial charge on any atom is -0.377 e. The summed E-state index contributed by atoms with van der Waals surface area (Å²) in [6.45, 7) is -0.358. The summed E-state index contributed by atoms with van der Waals surface area (Å²) >= 11 is 0. The molecule has 0 rings (SSSR count). The van der Waals surface area contributed by atoms with Crippen LogP contribution in [0.25, 0.3) is 0 Å². The smallest absolute Gasteiger partial charge is 0.377 e. The first-order valence-electron chi connectivity index (χ1n) is 7.87. The average molecular weight is 494 g/mol. The molecule has 0 aliphatic heterocycles. The maximum Gasteiger partial charge on any atom is 0.502 e. The molecule has 30 heavy (non-hydrogen) atoms. The van der Waals surface area contributed by atoms with Crippen LogP contribution in [0.3, 0.4) is 0 Å². The molecule has 1 atom stereocenters. The Balaban J connectivity index is 5.58. The largest absolute Gasteiger partial charge is 0.502 e. The molecule has 0 aliphatic rings. The highest BCUT2D eigenvalue weighted by Gasteiger charge is 2.83. The van der Waals surface area contributed by atoms with Crippen molar-refractivity contribution >= 4 is 8.80 Å². The zero-order valence-electron chi connectivity index (χ0n) is 15.6. The summed E-state index contributed by atoms with van der Waals surface area (Å²) in [6.07, 6.45) is -20.2. The number of hydrogen-bond donors (Lipinski definition) is 0. The molecule has 1 unspecified atom stereocenters. The zero-order chi connectivity index (χ0) is 24.2. The van der Waals surface area contributed by atoms with E-state index in [0.717, 1.165) is 14.2 Å². The minimum atomic E-state index is -7.28. The first-order chi connectivity index (χ1) is 13.3. The van der Waals surface area contributed by atoms with Crippen LogP contribution in [0.15, 0.2) is 0 Å². The van der Waals surface area contributed by atoms with E-state index in [1.54, 1.807) is 6.92 Å². The van der Waals surface area contributed by atoms with Crippen LogP contribution in [0.4, 0.5) is 52.7 Å². The Labute approximate surface area is 163 Å². The first kappa shape index (κ1) is 29.2. The standard InChI is InChI=1S/C13H18F12O4Si/c1-4-5-30(26-2,27-3)29-7-28-13(24,25)12(22,23)11(20,21)10(18,19)8(14)6-9(15,16)17/h8H,4-7H2,1-3H3. The van der Waals surface area contributed by atoms with E-state index in [0.29, 0.717) is 0 Å². The van der Waals surface area contributed by atoms with E-state index >= 15 is 0 Å². The van der Waals surface area contributed by atoms with Crippen LogP contribution >= 0.6 is 0 Å². The molecule has 0 aromatic heterocycles. The zero-order valence-corrected chi connectivity index (χ0v) is 16.6. The van der Waals surface area contributed by atoms with Gasteiger partial charge in [0.1, 0.15) is 6.79 Å². The van der Waals surface area contributed by atoms with Crippen molar-refractivity contribution in [1.82, 2.24) is 0 Å². The van der Waals surface area contributed by atoms with Gasteiger partial charge in [0.15, 0.2) is 6.17 Å². The molecule has 0 radical (unpaired) electrons. The number of halogens is 12. The van der Waals surface area contributed by atoms with Gasteiger partial charge in [-0.15, -0.1) is 0 Å². The molecule has 0 saturated heterocycles. The van der Waals surface area contributed by atoms with Crippen LogP contribution in [0.1, 0.15) is 19.8 Å². The molecule has 0 saturated carbocycles. The highest BCUT2D eigenvalue weighted by molar-refractivity contribution is 6.60. The average Bonchev–Trinajstić information content (AvgIpc) is 2.58. The van der Waals surface area contributed by atoms with Crippen LogP contribution in [0.5, 0.6) is 0 Å². The Hall–Kier alpha value is -0.783. The van der Waals surface area contributed by atoms with E-state index in [2.05, 4.69) is 9.16 Å². The van der Waals surface area contributed by atoms with Gasteiger partial charge in [-0.25, -0.2) is 4.39 Å². The molecule has 0 N–H and O–H groups in total. The predicted octanol–water partition coefficient (Wildman–Crippen LogP) is 5.41.